The molecule has 2 aromatic heterocycles. The van der Waals surface area contributed by atoms with Crippen LogP contribution in [0.1, 0.15) is 26.3 Å². The van der Waals surface area contributed by atoms with Gasteiger partial charge < -0.3 is 9.38 Å². The highest BCUT2D eigenvalue weighted by Gasteiger charge is 2.45. The van der Waals surface area contributed by atoms with Gasteiger partial charge in [0.25, 0.3) is 0 Å². The van der Waals surface area contributed by atoms with Crippen molar-refractivity contribution in [2.24, 2.45) is 0 Å². The van der Waals surface area contributed by atoms with E-state index in [0.29, 0.717) is 0 Å². The zero-order valence-corrected chi connectivity index (χ0v) is 24.7. The highest BCUT2D eigenvalue weighted by Crippen LogP contribution is 2.54. The summed E-state index contributed by atoms with van der Waals surface area (Å²) in [5.41, 5.74) is 13.7. The maximum Gasteiger partial charge on any atom is 0.333 e. The van der Waals surface area contributed by atoms with Gasteiger partial charge in [-0.2, -0.15) is 0 Å². The smallest absolute Gasteiger partial charge is 0.333 e. The first kappa shape index (κ1) is 22.7. The normalized spacial score (nSPS) is 14.5. The highest BCUT2D eigenvalue weighted by atomic mass is 32.2. The number of aromatic nitrogens is 1. The van der Waals surface area contributed by atoms with Gasteiger partial charge in [-0.1, -0.05) is 99.3 Å². The number of fused-ring (bicyclic) bond motifs is 11. The summed E-state index contributed by atoms with van der Waals surface area (Å²) in [5.74, 6) is 0. The Morgan fingerprint density at radius 1 is 0.683 bits per heavy atom. The molecule has 5 aromatic carbocycles. The fourth-order valence-corrected chi connectivity index (χ4v) is 9.84. The van der Waals surface area contributed by atoms with Crippen molar-refractivity contribution in [2.45, 2.75) is 36.0 Å². The summed E-state index contributed by atoms with van der Waals surface area (Å²) in [6, 6.07) is 36.8. The van der Waals surface area contributed by atoms with E-state index in [0.717, 1.165) is 0 Å². The average molecular weight is 561 g/mol. The number of benzene rings is 5. The van der Waals surface area contributed by atoms with Crippen LogP contribution >= 0.6 is 23.1 Å². The number of rotatable bonds is 0. The van der Waals surface area contributed by atoms with Crippen LogP contribution in [0.5, 0.6) is 0 Å². The van der Waals surface area contributed by atoms with Gasteiger partial charge in [-0.05, 0) is 57.8 Å². The van der Waals surface area contributed by atoms with Crippen molar-refractivity contribution in [2.75, 3.05) is 4.90 Å². The zero-order chi connectivity index (χ0) is 27.2. The van der Waals surface area contributed by atoms with E-state index < -0.39 is 0 Å². The molecule has 0 unspecified atom stereocenters. The molecule has 5 heterocycles. The second-order valence-electron chi connectivity index (χ2n) is 12.6. The number of nitrogens with zero attached hydrogens (tertiary/aromatic N) is 2. The molecule has 194 valence electrons. The van der Waals surface area contributed by atoms with Crippen LogP contribution in [0.4, 0.5) is 17.1 Å². The number of hydrogen-bond acceptors (Lipinski definition) is 3. The van der Waals surface area contributed by atoms with Gasteiger partial charge in [0, 0.05) is 42.0 Å². The maximum absolute atomic E-state index is 2.71. The molecule has 7 aromatic rings. The third-order valence-electron chi connectivity index (χ3n) is 9.29. The van der Waals surface area contributed by atoms with E-state index in [1.54, 1.807) is 0 Å². The lowest BCUT2D eigenvalue weighted by Crippen LogP contribution is -2.57. The predicted octanol–water partition coefficient (Wildman–Crippen LogP) is 9.19. The van der Waals surface area contributed by atoms with Crippen LogP contribution in [0.3, 0.4) is 0 Å². The van der Waals surface area contributed by atoms with E-state index in [9.17, 15) is 0 Å². The van der Waals surface area contributed by atoms with Crippen LogP contribution in [0.25, 0.3) is 42.3 Å². The van der Waals surface area contributed by atoms with Crippen molar-refractivity contribution in [3.63, 3.8) is 0 Å². The number of para-hydroxylation sites is 3. The van der Waals surface area contributed by atoms with Crippen molar-refractivity contribution >= 4 is 89.1 Å². The molecular formula is C36H25BN2S2. The number of thiophene rings is 1. The van der Waals surface area contributed by atoms with Crippen LogP contribution in [-0.2, 0) is 5.41 Å². The summed E-state index contributed by atoms with van der Waals surface area (Å²) in [7, 11) is 0. The molecule has 0 saturated carbocycles. The van der Waals surface area contributed by atoms with E-state index in [2.05, 4.69) is 127 Å². The fourth-order valence-electron chi connectivity index (χ4n) is 7.52. The van der Waals surface area contributed by atoms with Gasteiger partial charge in [0.2, 0.25) is 0 Å². The third kappa shape index (κ3) is 2.72. The molecular weight excluding hydrogens is 535 g/mol. The standard InChI is InChI=1S/C36H25BN2S2/c1-36(2,3)20-18-24-21-11-8-12-23-32(21)39(33-22-10-4-6-15-28(22)41-35(23)33)37-25-13-9-17-30-34(25)38(27(19-20)31(24)37)26-14-5-7-16-29(26)40-30/h4-19H,1-3H3. The van der Waals surface area contributed by atoms with Gasteiger partial charge in [0.05, 0.1) is 21.6 Å². The van der Waals surface area contributed by atoms with E-state index >= 15 is 0 Å². The molecule has 0 atom stereocenters. The van der Waals surface area contributed by atoms with Crippen molar-refractivity contribution in [1.29, 1.82) is 0 Å². The van der Waals surface area contributed by atoms with Crippen LogP contribution < -0.4 is 15.8 Å². The van der Waals surface area contributed by atoms with E-state index in [1.165, 1.54) is 85.7 Å². The quantitative estimate of drug-likeness (QED) is 0.171. The Morgan fingerprint density at radius 2 is 1.46 bits per heavy atom. The van der Waals surface area contributed by atoms with Crippen LogP contribution in [0.2, 0.25) is 0 Å². The molecule has 0 fully saturated rings. The summed E-state index contributed by atoms with van der Waals surface area (Å²) >= 11 is 3.85. The molecule has 3 aliphatic heterocycles. The van der Waals surface area contributed by atoms with Crippen molar-refractivity contribution in [3.05, 3.63) is 103 Å². The Hall–Kier alpha value is -3.93. The molecule has 41 heavy (non-hydrogen) atoms. The largest absolute Gasteiger partial charge is 0.374 e. The first-order valence-electron chi connectivity index (χ1n) is 14.3. The number of hydrogen-bond donors (Lipinski definition) is 0. The van der Waals surface area contributed by atoms with Crippen LogP contribution in [0.15, 0.2) is 107 Å². The summed E-state index contributed by atoms with van der Waals surface area (Å²) < 4.78 is 5.47. The second kappa shape index (κ2) is 7.47. The Labute approximate surface area is 247 Å². The Bertz CT molecular complexity index is 2300. The van der Waals surface area contributed by atoms with E-state index in [-0.39, 0.29) is 12.3 Å². The minimum atomic E-state index is 0.0226. The van der Waals surface area contributed by atoms with Crippen molar-refractivity contribution in [1.82, 2.24) is 4.48 Å². The fraction of sp³-hybridized carbons (Fsp3) is 0.111. The summed E-state index contributed by atoms with van der Waals surface area (Å²) in [4.78, 5) is 5.23. The minimum absolute atomic E-state index is 0.0226. The molecule has 3 aliphatic rings. The summed E-state index contributed by atoms with van der Waals surface area (Å²) in [6.45, 7) is 7.14. The molecule has 10 rings (SSSR count). The van der Waals surface area contributed by atoms with Crippen LogP contribution in [-0.4, -0.2) is 11.3 Å². The van der Waals surface area contributed by atoms with Gasteiger partial charge in [-0.15, -0.1) is 11.3 Å². The predicted molar refractivity (Wildman–Crippen MR) is 178 cm³/mol. The topological polar surface area (TPSA) is 8.17 Å². The molecule has 2 nitrogen and oxygen atoms in total. The summed E-state index contributed by atoms with van der Waals surface area (Å²) in [5, 5.41) is 2.73. The first-order chi connectivity index (χ1) is 20.0. The average Bonchev–Trinajstić information content (AvgIpc) is 3.51. The van der Waals surface area contributed by atoms with E-state index in [1.807, 2.05) is 23.1 Å². The molecule has 0 amide bonds. The van der Waals surface area contributed by atoms with Gasteiger partial charge in [-0.25, -0.2) is 0 Å². The third-order valence-corrected chi connectivity index (χ3v) is 11.6. The Kier molecular flexibility index (Phi) is 4.14. The lowest BCUT2D eigenvalue weighted by molar-refractivity contribution is 0.590. The Morgan fingerprint density at radius 3 is 2.37 bits per heavy atom. The SMILES string of the molecule is CC(C)(C)c1cc2c3c(c1)N1c4ccccc4Sc4cccc(c41)B3n1c3c-2cccc3c2sc3ccccc3c21. The molecule has 0 aliphatic carbocycles. The molecule has 0 saturated heterocycles. The molecule has 0 spiro atoms. The lowest BCUT2D eigenvalue weighted by Gasteiger charge is -2.44. The molecule has 0 N–H and O–H groups in total. The van der Waals surface area contributed by atoms with Gasteiger partial charge in [0.1, 0.15) is 0 Å². The van der Waals surface area contributed by atoms with Gasteiger partial charge in [0.15, 0.2) is 0 Å². The Balaban J connectivity index is 1.45. The van der Waals surface area contributed by atoms with Crippen molar-refractivity contribution < 1.29 is 0 Å². The first-order valence-corrected chi connectivity index (χ1v) is 16.0. The lowest BCUT2D eigenvalue weighted by atomic mass is 9.45. The van der Waals surface area contributed by atoms with Gasteiger partial charge in [-0.3, -0.25) is 0 Å². The van der Waals surface area contributed by atoms with Gasteiger partial charge >= 0.3 is 6.85 Å². The molecule has 0 radical (unpaired) electrons. The minimum Gasteiger partial charge on any atom is -0.374 e. The summed E-state index contributed by atoms with van der Waals surface area (Å²) in [6.07, 6.45) is 0. The van der Waals surface area contributed by atoms with Crippen LogP contribution in [0, 0.1) is 0 Å². The van der Waals surface area contributed by atoms with Crippen molar-refractivity contribution in [3.8, 4) is 11.1 Å². The number of anilines is 3. The molecule has 0 bridgehead atoms. The van der Waals surface area contributed by atoms with E-state index in [4.69, 9.17) is 0 Å². The monoisotopic (exact) mass is 560 g/mol. The zero-order valence-electron chi connectivity index (χ0n) is 23.0. The highest BCUT2D eigenvalue weighted by molar-refractivity contribution is 7.99. The second-order valence-corrected chi connectivity index (χ2v) is 14.7. The molecule has 5 heteroatoms. The maximum atomic E-state index is 2.71.